The molecule has 2 aromatic rings. The lowest BCUT2D eigenvalue weighted by Crippen LogP contribution is -2.70. The molecule has 2 aliphatic heterocycles. The number of carboxylic acid groups (broad SMARTS) is 2. The first-order chi connectivity index (χ1) is 20.2. The lowest BCUT2D eigenvalue weighted by molar-refractivity contribution is -0.344. The minimum atomic E-state index is -5.19. The number of amides is 2. The van der Waals surface area contributed by atoms with E-state index in [0.29, 0.717) is 23.0 Å². The smallest absolute Gasteiger partial charge is 0.430 e. The minimum Gasteiger partial charge on any atom is -0.542 e. The molecular formula is C26H26F3N5O6S3. The number of aliphatic carboxylic acids is 2. The second-order valence-corrected chi connectivity index (χ2v) is 12.2. The van der Waals surface area contributed by atoms with Crippen molar-refractivity contribution in [2.24, 2.45) is 11.5 Å². The summed E-state index contributed by atoms with van der Waals surface area (Å²) in [5.41, 5.74) is 13.9. The number of carbonyl (C=O) groups excluding carboxylic acids is 3. The zero-order valence-electron chi connectivity index (χ0n) is 22.1. The third-order valence-corrected chi connectivity index (χ3v) is 9.36. The Morgan fingerprint density at radius 2 is 1.74 bits per heavy atom. The van der Waals surface area contributed by atoms with Gasteiger partial charge in [-0.05, 0) is 34.5 Å². The Balaban J connectivity index is 0.000000646. The van der Waals surface area contributed by atoms with Gasteiger partial charge in [-0.3, -0.25) is 25.6 Å². The van der Waals surface area contributed by atoms with Gasteiger partial charge in [0.2, 0.25) is 5.91 Å². The molecule has 1 saturated heterocycles. The number of carbonyl (C=O) groups is 4. The van der Waals surface area contributed by atoms with Crippen LogP contribution in [0, 0.1) is 0 Å². The third kappa shape index (κ3) is 8.92. The van der Waals surface area contributed by atoms with Crippen LogP contribution in [0.25, 0.3) is 0 Å². The molecule has 2 aromatic carbocycles. The van der Waals surface area contributed by atoms with Crippen LogP contribution in [-0.4, -0.2) is 62.3 Å². The number of carboxylic acids is 2. The number of amidine groups is 1. The number of nitrogens with zero attached hydrogens (tertiary/aromatic N) is 1. The molecule has 2 atom stereocenters. The number of rotatable bonds is 9. The molecule has 230 valence electrons. The maximum Gasteiger partial charge on any atom is 0.430 e. The fourth-order valence-corrected chi connectivity index (χ4v) is 7.15. The molecule has 0 aliphatic carbocycles. The molecule has 0 spiro atoms. The highest BCUT2D eigenvalue weighted by Gasteiger charge is 2.54. The monoisotopic (exact) mass is 657 g/mol. The molecule has 2 aliphatic rings. The maximum atomic E-state index is 13.0. The topological polar surface area (TPSA) is 204 Å². The summed E-state index contributed by atoms with van der Waals surface area (Å²) in [6.07, 6.45) is -5.08. The van der Waals surface area contributed by atoms with Crippen molar-refractivity contribution in [1.29, 1.82) is 0 Å². The van der Waals surface area contributed by atoms with Gasteiger partial charge in [0.25, 0.3) is 11.1 Å². The van der Waals surface area contributed by atoms with Gasteiger partial charge in [0.1, 0.15) is 23.1 Å². The molecule has 11 nitrogen and oxygen atoms in total. The van der Waals surface area contributed by atoms with Gasteiger partial charge < -0.3 is 26.1 Å². The first-order valence-corrected chi connectivity index (χ1v) is 15.1. The van der Waals surface area contributed by atoms with Crippen molar-refractivity contribution in [3.63, 3.8) is 0 Å². The second-order valence-electron chi connectivity index (χ2n) is 8.92. The predicted molar refractivity (Wildman–Crippen MR) is 153 cm³/mol. The number of hydrogen-bond acceptors (Lipinski definition) is 9. The molecule has 0 saturated carbocycles. The van der Waals surface area contributed by atoms with Gasteiger partial charge >= 0.3 is 12.1 Å². The molecule has 0 radical (unpaired) electrons. The number of benzene rings is 2. The lowest BCUT2D eigenvalue weighted by Gasteiger charge is -2.49. The summed E-state index contributed by atoms with van der Waals surface area (Å²) < 4.78 is 31.5. The summed E-state index contributed by atoms with van der Waals surface area (Å²) in [5, 5.41) is 26.9. The van der Waals surface area contributed by atoms with Crippen LogP contribution < -0.4 is 27.3 Å². The van der Waals surface area contributed by atoms with Crippen molar-refractivity contribution in [3.8, 4) is 0 Å². The zero-order valence-corrected chi connectivity index (χ0v) is 24.6. The van der Waals surface area contributed by atoms with Crippen molar-refractivity contribution in [2.45, 2.75) is 41.2 Å². The standard InChI is InChI=1S/C24H25N5O4S3.C2HF3O2/c25-10-14-7-5-13(6-8-14)9-18(30)28-19-21(31)29-20(23(32)33)17(12-34-22(19)29)36-16-4-2-1-3-15(16)11-35-24(26)27;3-2(4,5)1(6)7/h1-8,19,22H,9-12,25H2,(H3,26,27)(H,28,30)(H,32,33);(H,6,7)/t19-,22-;/m1./s1. The number of halogens is 3. The van der Waals surface area contributed by atoms with E-state index in [0.717, 1.165) is 21.6 Å². The highest BCUT2D eigenvalue weighted by Crippen LogP contribution is 2.46. The SMILES string of the molecule is NCc1ccc(CC(=O)N[C@@H]2C(=O)N3C(C(=O)O)=C(Sc4ccccc4CSC(N)=[NH2+])CS[C@H]23)cc1.O=C([O-])C(F)(F)F. The van der Waals surface area contributed by atoms with Crippen molar-refractivity contribution in [3.05, 3.63) is 75.8 Å². The average Bonchev–Trinajstić information content (AvgIpc) is 2.95. The Labute approximate surface area is 256 Å². The maximum absolute atomic E-state index is 13.0. The fraction of sp³-hybridized carbons (Fsp3) is 0.269. The Morgan fingerprint density at radius 3 is 2.30 bits per heavy atom. The van der Waals surface area contributed by atoms with E-state index < -0.39 is 35.4 Å². The quantitative estimate of drug-likeness (QED) is 0.136. The van der Waals surface area contributed by atoms with E-state index in [-0.39, 0.29) is 23.2 Å². The summed E-state index contributed by atoms with van der Waals surface area (Å²) in [6, 6.07) is 14.2. The van der Waals surface area contributed by atoms with Crippen LogP contribution in [0.15, 0.2) is 64.0 Å². The van der Waals surface area contributed by atoms with Crippen LogP contribution in [0.2, 0.25) is 0 Å². The Kier molecular flexibility index (Phi) is 11.5. The van der Waals surface area contributed by atoms with Crippen LogP contribution in [0.3, 0.4) is 0 Å². The average molecular weight is 658 g/mol. The third-order valence-electron chi connectivity index (χ3n) is 5.91. The van der Waals surface area contributed by atoms with E-state index in [1.807, 2.05) is 48.5 Å². The molecule has 43 heavy (non-hydrogen) atoms. The normalized spacial score (nSPS) is 17.7. The number of nitrogens with one attached hydrogen (secondary N) is 1. The van der Waals surface area contributed by atoms with E-state index in [2.05, 4.69) is 5.32 Å². The highest BCUT2D eigenvalue weighted by atomic mass is 32.2. The molecule has 8 N–H and O–H groups in total. The molecule has 0 bridgehead atoms. The fourth-order valence-electron chi connectivity index (χ4n) is 3.89. The van der Waals surface area contributed by atoms with Crippen LogP contribution in [-0.2, 0) is 37.9 Å². The van der Waals surface area contributed by atoms with Crippen LogP contribution in [0.4, 0.5) is 13.2 Å². The molecule has 2 amide bonds. The number of thioether (sulfide) groups is 3. The number of hydrogen-bond donors (Lipinski definition) is 5. The van der Waals surface area contributed by atoms with Crippen LogP contribution in [0.5, 0.6) is 0 Å². The largest absolute Gasteiger partial charge is 0.542 e. The zero-order chi connectivity index (χ0) is 31.9. The van der Waals surface area contributed by atoms with Gasteiger partial charge in [0.15, 0.2) is 0 Å². The first-order valence-electron chi connectivity index (χ1n) is 12.3. The summed E-state index contributed by atoms with van der Waals surface area (Å²) in [4.78, 5) is 49.3. The molecule has 0 unspecified atom stereocenters. The van der Waals surface area contributed by atoms with E-state index in [1.165, 1.54) is 40.2 Å². The molecular weight excluding hydrogens is 632 g/mol. The summed E-state index contributed by atoms with van der Waals surface area (Å²) in [5.74, 6) is -3.95. The molecule has 4 rings (SSSR count). The Bertz CT molecular complexity index is 1440. The minimum absolute atomic E-state index is 0.0380. The van der Waals surface area contributed by atoms with Gasteiger partial charge in [0, 0.05) is 27.9 Å². The van der Waals surface area contributed by atoms with Gasteiger partial charge in [-0.25, -0.2) is 4.79 Å². The van der Waals surface area contributed by atoms with Crippen LogP contribution in [0.1, 0.15) is 16.7 Å². The Morgan fingerprint density at radius 1 is 1.14 bits per heavy atom. The lowest BCUT2D eigenvalue weighted by atomic mass is 10.0. The van der Waals surface area contributed by atoms with Crippen molar-refractivity contribution < 1.29 is 48.0 Å². The molecule has 2 heterocycles. The van der Waals surface area contributed by atoms with E-state index in [9.17, 15) is 32.7 Å². The van der Waals surface area contributed by atoms with Gasteiger partial charge in [-0.1, -0.05) is 54.2 Å². The summed E-state index contributed by atoms with van der Waals surface area (Å²) >= 11 is 4.06. The molecule has 0 aromatic heterocycles. The van der Waals surface area contributed by atoms with Crippen molar-refractivity contribution in [2.75, 3.05) is 5.75 Å². The second kappa shape index (κ2) is 14.7. The number of β-lactam (4-membered cyclic amide) rings is 1. The van der Waals surface area contributed by atoms with Crippen molar-refractivity contribution >= 4 is 64.2 Å². The van der Waals surface area contributed by atoms with Gasteiger partial charge in [-0.15, -0.1) is 11.8 Å². The summed E-state index contributed by atoms with van der Waals surface area (Å²) in [7, 11) is 0. The van der Waals surface area contributed by atoms with E-state index >= 15 is 0 Å². The van der Waals surface area contributed by atoms with E-state index in [1.54, 1.807) is 0 Å². The van der Waals surface area contributed by atoms with E-state index in [4.69, 9.17) is 26.8 Å². The summed E-state index contributed by atoms with van der Waals surface area (Å²) in [6.45, 7) is 0.420. The first kappa shape index (κ1) is 33.8. The Hall–Kier alpha value is -3.67. The number of fused-ring (bicyclic) bond motifs is 1. The number of nitrogens with two attached hydrogens (primary N) is 3. The number of alkyl halides is 3. The van der Waals surface area contributed by atoms with Gasteiger partial charge in [-0.2, -0.15) is 13.2 Å². The molecule has 17 heteroatoms. The molecule has 1 fully saturated rings. The predicted octanol–water partition coefficient (Wildman–Crippen LogP) is -0.218. The van der Waals surface area contributed by atoms with Gasteiger partial charge in [0.05, 0.1) is 6.42 Å². The van der Waals surface area contributed by atoms with Crippen LogP contribution >= 0.6 is 35.3 Å². The highest BCUT2D eigenvalue weighted by molar-refractivity contribution is 8.12. The van der Waals surface area contributed by atoms with Crippen molar-refractivity contribution in [1.82, 2.24) is 10.2 Å².